The quantitative estimate of drug-likeness (QED) is 0.701. The van der Waals surface area contributed by atoms with E-state index in [1.54, 1.807) is 12.1 Å². The van der Waals surface area contributed by atoms with Crippen molar-refractivity contribution in [1.82, 2.24) is 4.31 Å². The summed E-state index contributed by atoms with van der Waals surface area (Å²) < 4.78 is 30.9. The Bertz CT molecular complexity index is 949. The molecule has 0 radical (unpaired) electrons. The first kappa shape index (κ1) is 21.3. The van der Waals surface area contributed by atoms with Crippen molar-refractivity contribution >= 4 is 50.5 Å². The largest absolute Gasteiger partial charge is 0.495 e. The van der Waals surface area contributed by atoms with Gasteiger partial charge in [0.05, 0.1) is 34.9 Å². The van der Waals surface area contributed by atoms with Gasteiger partial charge < -0.3 is 15.4 Å². The summed E-state index contributed by atoms with van der Waals surface area (Å²) in [4.78, 5) is 12.3. The molecule has 0 spiro atoms. The van der Waals surface area contributed by atoms with E-state index in [0.717, 1.165) is 4.31 Å². The van der Waals surface area contributed by atoms with Crippen molar-refractivity contribution in [3.63, 3.8) is 0 Å². The summed E-state index contributed by atoms with van der Waals surface area (Å²) in [6.45, 7) is -0.134. The summed E-state index contributed by atoms with van der Waals surface area (Å²) in [5.41, 5.74) is 0.750. The molecule has 146 valence electrons. The lowest BCUT2D eigenvalue weighted by molar-refractivity contribution is -0.114. The number of nitrogens with zero attached hydrogens (tertiary/aromatic N) is 1. The van der Waals surface area contributed by atoms with Crippen LogP contribution in [0.3, 0.4) is 0 Å². The molecule has 2 aromatic rings. The number of ether oxygens (including phenoxy) is 1. The third kappa shape index (κ3) is 5.26. The van der Waals surface area contributed by atoms with Crippen LogP contribution < -0.4 is 15.4 Å². The van der Waals surface area contributed by atoms with E-state index in [2.05, 4.69) is 10.6 Å². The molecule has 0 saturated carbocycles. The number of carbonyl (C=O) groups excluding carboxylic acids is 1. The first-order valence-electron chi connectivity index (χ1n) is 7.74. The maximum absolute atomic E-state index is 12.3. The number of hydrogen-bond donors (Lipinski definition) is 2. The van der Waals surface area contributed by atoms with Gasteiger partial charge in [0.2, 0.25) is 15.9 Å². The van der Waals surface area contributed by atoms with Crippen LogP contribution in [0.4, 0.5) is 11.4 Å². The molecule has 7 nitrogen and oxygen atoms in total. The van der Waals surface area contributed by atoms with Crippen molar-refractivity contribution in [1.29, 1.82) is 0 Å². The molecule has 1 amide bonds. The molecule has 2 N–H and O–H groups in total. The van der Waals surface area contributed by atoms with E-state index in [4.69, 9.17) is 27.9 Å². The number of carbonyl (C=O) groups is 1. The summed E-state index contributed by atoms with van der Waals surface area (Å²) >= 11 is 11.9. The number of rotatable bonds is 7. The number of methoxy groups -OCH3 is 1. The van der Waals surface area contributed by atoms with Gasteiger partial charge >= 0.3 is 0 Å². The van der Waals surface area contributed by atoms with Crippen molar-refractivity contribution in [2.45, 2.75) is 4.90 Å². The second-order valence-corrected chi connectivity index (χ2v) is 8.67. The predicted molar refractivity (Wildman–Crippen MR) is 107 cm³/mol. The summed E-state index contributed by atoms with van der Waals surface area (Å²) in [5, 5.41) is 6.30. The summed E-state index contributed by atoms with van der Waals surface area (Å²) in [7, 11) is 0.713. The van der Waals surface area contributed by atoms with Crippen LogP contribution in [0.1, 0.15) is 0 Å². The number of sulfonamides is 1. The van der Waals surface area contributed by atoms with Crippen LogP contribution in [0.25, 0.3) is 0 Å². The van der Waals surface area contributed by atoms with Crippen molar-refractivity contribution in [3.05, 3.63) is 46.4 Å². The minimum atomic E-state index is -3.62. The standard InChI is InChI=1S/C17H19Cl2N3O4S/c1-22(2)27(24,25)12-5-7-16(26-3)15(9-12)20-10-17(23)21-14-8-11(18)4-6-13(14)19/h4-9,20H,10H2,1-3H3,(H,21,23). The van der Waals surface area contributed by atoms with Gasteiger partial charge in [-0.3, -0.25) is 4.79 Å². The third-order valence-corrected chi connectivity index (χ3v) is 5.97. The molecule has 27 heavy (non-hydrogen) atoms. The fraction of sp³-hybridized carbons (Fsp3) is 0.235. The van der Waals surface area contributed by atoms with Crippen molar-refractivity contribution in [2.24, 2.45) is 0 Å². The van der Waals surface area contributed by atoms with Crippen LogP contribution in [0.2, 0.25) is 10.0 Å². The van der Waals surface area contributed by atoms with E-state index in [0.29, 0.717) is 27.2 Å². The van der Waals surface area contributed by atoms with Gasteiger partial charge in [0, 0.05) is 19.1 Å². The molecule has 0 saturated heterocycles. The van der Waals surface area contributed by atoms with Crippen molar-refractivity contribution in [2.75, 3.05) is 38.4 Å². The monoisotopic (exact) mass is 431 g/mol. The summed E-state index contributed by atoms with van der Waals surface area (Å²) in [6, 6.07) is 9.08. The number of halogens is 2. The van der Waals surface area contributed by atoms with Gasteiger partial charge in [-0.1, -0.05) is 23.2 Å². The maximum Gasteiger partial charge on any atom is 0.243 e. The Morgan fingerprint density at radius 1 is 1.11 bits per heavy atom. The fourth-order valence-corrected chi connectivity index (χ4v) is 3.43. The SMILES string of the molecule is COc1ccc(S(=O)(=O)N(C)C)cc1NCC(=O)Nc1cc(Cl)ccc1Cl. The van der Waals surface area contributed by atoms with Crippen molar-refractivity contribution in [3.8, 4) is 5.75 Å². The highest BCUT2D eigenvalue weighted by atomic mass is 35.5. The van der Waals surface area contributed by atoms with Crippen LogP contribution in [-0.4, -0.2) is 46.4 Å². The number of anilines is 2. The molecule has 0 fully saturated rings. The minimum Gasteiger partial charge on any atom is -0.495 e. The van der Waals surface area contributed by atoms with Crippen molar-refractivity contribution < 1.29 is 17.9 Å². The second-order valence-electron chi connectivity index (χ2n) is 5.68. The molecule has 0 aliphatic rings. The van der Waals surface area contributed by atoms with Gasteiger partial charge in [-0.05, 0) is 36.4 Å². The number of nitrogens with one attached hydrogen (secondary N) is 2. The molecule has 0 aliphatic carbocycles. The van der Waals surface area contributed by atoms with Crippen LogP contribution >= 0.6 is 23.2 Å². The maximum atomic E-state index is 12.3. The van der Waals surface area contributed by atoms with Crippen LogP contribution in [0.5, 0.6) is 5.75 Å². The molecular weight excluding hydrogens is 413 g/mol. The van der Waals surface area contributed by atoms with E-state index < -0.39 is 10.0 Å². The highest BCUT2D eigenvalue weighted by molar-refractivity contribution is 7.89. The zero-order valence-electron chi connectivity index (χ0n) is 14.9. The Labute approximate surface area is 168 Å². The molecule has 0 unspecified atom stereocenters. The number of benzene rings is 2. The fourth-order valence-electron chi connectivity index (χ4n) is 2.16. The first-order chi connectivity index (χ1) is 12.6. The van der Waals surface area contributed by atoms with Gasteiger partial charge in [-0.2, -0.15) is 0 Å². The average Bonchev–Trinajstić information content (AvgIpc) is 2.62. The molecule has 0 aliphatic heterocycles. The molecule has 2 rings (SSSR count). The van der Waals surface area contributed by atoms with E-state index in [1.807, 2.05) is 0 Å². The summed E-state index contributed by atoms with van der Waals surface area (Å²) in [5.74, 6) is 0.0170. The van der Waals surface area contributed by atoms with Gasteiger partial charge in [0.15, 0.2) is 0 Å². The van der Waals surface area contributed by atoms with Gasteiger partial charge in [-0.15, -0.1) is 0 Å². The lowest BCUT2D eigenvalue weighted by Crippen LogP contribution is -2.24. The second kappa shape index (κ2) is 8.79. The highest BCUT2D eigenvalue weighted by Gasteiger charge is 2.19. The molecule has 0 bridgehead atoms. The van der Waals surface area contributed by atoms with Gasteiger partial charge in [-0.25, -0.2) is 12.7 Å². The van der Waals surface area contributed by atoms with Crippen LogP contribution in [0, 0.1) is 0 Å². The molecule has 0 heterocycles. The summed E-state index contributed by atoms with van der Waals surface area (Å²) in [6.07, 6.45) is 0. The predicted octanol–water partition coefficient (Wildman–Crippen LogP) is 3.30. The first-order valence-corrected chi connectivity index (χ1v) is 9.94. The lowest BCUT2D eigenvalue weighted by Gasteiger charge is -2.16. The Morgan fingerprint density at radius 2 is 1.81 bits per heavy atom. The Balaban J connectivity index is 2.16. The normalized spacial score (nSPS) is 11.3. The topological polar surface area (TPSA) is 87.7 Å². The molecular formula is C17H19Cl2N3O4S. The molecule has 2 aromatic carbocycles. The zero-order valence-corrected chi connectivity index (χ0v) is 17.2. The average molecular weight is 432 g/mol. The van der Waals surface area contributed by atoms with Gasteiger partial charge in [0.25, 0.3) is 0 Å². The Morgan fingerprint density at radius 3 is 2.44 bits per heavy atom. The zero-order chi connectivity index (χ0) is 20.2. The third-order valence-electron chi connectivity index (χ3n) is 3.59. The van der Waals surface area contributed by atoms with E-state index >= 15 is 0 Å². The van der Waals surface area contributed by atoms with Gasteiger partial charge in [0.1, 0.15) is 5.75 Å². The lowest BCUT2D eigenvalue weighted by atomic mass is 10.3. The Hall–Kier alpha value is -2.00. The minimum absolute atomic E-state index is 0.0779. The number of hydrogen-bond acceptors (Lipinski definition) is 5. The van der Waals surface area contributed by atoms with E-state index in [9.17, 15) is 13.2 Å². The molecule has 10 heteroatoms. The Kier molecular flexibility index (Phi) is 6.94. The van der Waals surface area contributed by atoms with Crippen LogP contribution in [-0.2, 0) is 14.8 Å². The molecule has 0 aromatic heterocycles. The van der Waals surface area contributed by atoms with E-state index in [-0.39, 0.29) is 17.3 Å². The van der Waals surface area contributed by atoms with Crippen LogP contribution in [0.15, 0.2) is 41.3 Å². The molecule has 0 atom stereocenters. The van der Waals surface area contributed by atoms with E-state index in [1.165, 1.54) is 45.5 Å². The smallest absolute Gasteiger partial charge is 0.243 e. The highest BCUT2D eigenvalue weighted by Crippen LogP contribution is 2.29. The number of amides is 1.